The first-order valence-corrected chi connectivity index (χ1v) is 12.6. The molecule has 2 aliphatic carbocycles. The van der Waals surface area contributed by atoms with Gasteiger partial charge >= 0.3 is 5.97 Å². The molecule has 7 nitrogen and oxygen atoms in total. The standard InChI is InChI=1S/C27H31ClN2O5/c28-21-8-6-20(7-9-21)27(14-1-15-27)26(34)30-17-16-29-24(31)18-2-10-22(11-3-18)35-23-12-4-19(5-13-23)25(32)33/h2-3,6-11,19,23H,1,4-5,12-17H2,(H,29,31)(H,30,34)(H,32,33). The summed E-state index contributed by atoms with van der Waals surface area (Å²) in [7, 11) is 0. The predicted octanol–water partition coefficient (Wildman–Crippen LogP) is 4.33. The highest BCUT2D eigenvalue weighted by Gasteiger charge is 2.45. The molecule has 2 amide bonds. The van der Waals surface area contributed by atoms with Crippen molar-refractivity contribution in [2.24, 2.45) is 5.92 Å². The van der Waals surface area contributed by atoms with Gasteiger partial charge in [-0.2, -0.15) is 0 Å². The van der Waals surface area contributed by atoms with E-state index in [-0.39, 0.29) is 23.8 Å². The van der Waals surface area contributed by atoms with E-state index in [1.54, 1.807) is 24.3 Å². The lowest BCUT2D eigenvalue weighted by Gasteiger charge is -2.40. The van der Waals surface area contributed by atoms with Gasteiger partial charge in [0.05, 0.1) is 17.4 Å². The van der Waals surface area contributed by atoms with Crippen LogP contribution in [0, 0.1) is 5.92 Å². The number of aliphatic carboxylic acids is 1. The summed E-state index contributed by atoms with van der Waals surface area (Å²) in [6, 6.07) is 14.4. The van der Waals surface area contributed by atoms with Crippen molar-refractivity contribution >= 4 is 29.4 Å². The molecule has 0 spiro atoms. The number of rotatable bonds is 9. The predicted molar refractivity (Wildman–Crippen MR) is 133 cm³/mol. The van der Waals surface area contributed by atoms with Gasteiger partial charge in [-0.15, -0.1) is 0 Å². The SMILES string of the molecule is O=C(NCCNC(=O)C1(c2ccc(Cl)cc2)CCC1)c1ccc(OC2CCC(C(=O)O)CC2)cc1. The zero-order valence-corrected chi connectivity index (χ0v) is 20.4. The molecular weight excluding hydrogens is 468 g/mol. The normalized spacial score (nSPS) is 20.8. The molecule has 4 rings (SSSR count). The Bertz CT molecular complexity index is 1040. The van der Waals surface area contributed by atoms with Gasteiger partial charge in [0.2, 0.25) is 5.91 Å². The van der Waals surface area contributed by atoms with Gasteiger partial charge in [0.1, 0.15) is 5.75 Å². The first kappa shape index (κ1) is 25.0. The molecule has 8 heteroatoms. The van der Waals surface area contributed by atoms with Crippen LogP contribution < -0.4 is 15.4 Å². The van der Waals surface area contributed by atoms with E-state index >= 15 is 0 Å². The third-order valence-electron chi connectivity index (χ3n) is 7.18. The van der Waals surface area contributed by atoms with E-state index in [9.17, 15) is 14.4 Å². The molecule has 0 radical (unpaired) electrons. The molecule has 0 saturated heterocycles. The van der Waals surface area contributed by atoms with Gasteiger partial charge in [0.25, 0.3) is 5.91 Å². The molecule has 186 valence electrons. The number of benzene rings is 2. The molecule has 2 aromatic carbocycles. The molecule has 3 N–H and O–H groups in total. The van der Waals surface area contributed by atoms with E-state index < -0.39 is 11.4 Å². The minimum atomic E-state index is -0.734. The summed E-state index contributed by atoms with van der Waals surface area (Å²) in [5, 5.41) is 15.6. The maximum Gasteiger partial charge on any atom is 0.306 e. The van der Waals surface area contributed by atoms with E-state index in [0.717, 1.165) is 24.8 Å². The van der Waals surface area contributed by atoms with Gasteiger partial charge in [0, 0.05) is 23.7 Å². The second-order valence-corrected chi connectivity index (χ2v) is 9.84. The average Bonchev–Trinajstić information content (AvgIpc) is 2.83. The zero-order chi connectivity index (χ0) is 24.8. The number of hydrogen-bond acceptors (Lipinski definition) is 4. The Labute approximate surface area is 210 Å². The molecule has 0 atom stereocenters. The summed E-state index contributed by atoms with van der Waals surface area (Å²) in [5.74, 6) is -0.575. The molecule has 0 aromatic heterocycles. The van der Waals surface area contributed by atoms with Crippen LogP contribution >= 0.6 is 11.6 Å². The molecule has 0 aliphatic heterocycles. The van der Waals surface area contributed by atoms with E-state index in [4.69, 9.17) is 21.4 Å². The first-order chi connectivity index (χ1) is 16.9. The van der Waals surface area contributed by atoms with Crippen molar-refractivity contribution in [3.63, 3.8) is 0 Å². The van der Waals surface area contributed by atoms with Gasteiger partial charge in [-0.1, -0.05) is 30.2 Å². The van der Waals surface area contributed by atoms with E-state index in [1.165, 1.54) is 0 Å². The average molecular weight is 499 g/mol. The number of halogens is 1. The Balaban J connectivity index is 1.20. The number of nitrogens with one attached hydrogen (secondary N) is 2. The van der Waals surface area contributed by atoms with E-state index in [1.807, 2.05) is 24.3 Å². The second-order valence-electron chi connectivity index (χ2n) is 9.41. The van der Waals surface area contributed by atoms with E-state index in [2.05, 4.69) is 10.6 Å². The van der Waals surface area contributed by atoms with Crippen LogP contribution in [0.15, 0.2) is 48.5 Å². The van der Waals surface area contributed by atoms with Gasteiger partial charge in [-0.25, -0.2) is 0 Å². The van der Waals surface area contributed by atoms with Crippen LogP contribution in [-0.2, 0) is 15.0 Å². The van der Waals surface area contributed by atoms with Crippen molar-refractivity contribution in [3.8, 4) is 5.75 Å². The second kappa shape index (κ2) is 11.1. The van der Waals surface area contributed by atoms with Crippen LogP contribution in [-0.4, -0.2) is 42.1 Å². The van der Waals surface area contributed by atoms with Crippen molar-refractivity contribution < 1.29 is 24.2 Å². The van der Waals surface area contributed by atoms with Gasteiger partial charge in [-0.05, 0) is 80.5 Å². The first-order valence-electron chi connectivity index (χ1n) is 12.2. The summed E-state index contributed by atoms with van der Waals surface area (Å²) < 4.78 is 5.95. The molecule has 2 aromatic rings. The molecule has 0 heterocycles. The lowest BCUT2D eigenvalue weighted by atomic mass is 9.64. The third-order valence-corrected chi connectivity index (χ3v) is 7.43. The topological polar surface area (TPSA) is 105 Å². The molecule has 35 heavy (non-hydrogen) atoms. The largest absolute Gasteiger partial charge is 0.490 e. The fourth-order valence-electron chi connectivity index (χ4n) is 4.87. The van der Waals surface area contributed by atoms with Crippen LogP contribution in [0.2, 0.25) is 5.02 Å². The fraction of sp³-hybridized carbons (Fsp3) is 0.444. The number of carbonyl (C=O) groups excluding carboxylic acids is 2. The highest BCUT2D eigenvalue weighted by molar-refractivity contribution is 6.30. The highest BCUT2D eigenvalue weighted by Crippen LogP contribution is 2.44. The van der Waals surface area contributed by atoms with Crippen LogP contribution in [0.5, 0.6) is 5.75 Å². The minimum Gasteiger partial charge on any atom is -0.490 e. The molecule has 0 bridgehead atoms. The number of amides is 2. The highest BCUT2D eigenvalue weighted by atomic mass is 35.5. The van der Waals surface area contributed by atoms with Crippen molar-refractivity contribution in [2.75, 3.05) is 13.1 Å². The van der Waals surface area contributed by atoms with Crippen molar-refractivity contribution in [3.05, 3.63) is 64.7 Å². The fourth-order valence-corrected chi connectivity index (χ4v) is 5.00. The summed E-state index contributed by atoms with van der Waals surface area (Å²) in [4.78, 5) is 36.4. The number of hydrogen-bond donors (Lipinski definition) is 3. The lowest BCUT2D eigenvalue weighted by Crippen LogP contribution is -2.50. The minimum absolute atomic E-state index is 0.000668. The molecule has 2 saturated carbocycles. The molecule has 0 unspecified atom stereocenters. The van der Waals surface area contributed by atoms with Crippen LogP contribution in [0.1, 0.15) is 60.9 Å². The zero-order valence-electron chi connectivity index (χ0n) is 19.6. The summed E-state index contributed by atoms with van der Waals surface area (Å²) in [6.45, 7) is 0.673. The third kappa shape index (κ3) is 5.96. The smallest absolute Gasteiger partial charge is 0.306 e. The molecular formula is C27H31ClN2O5. The molecule has 2 fully saturated rings. The monoisotopic (exact) mass is 498 g/mol. The van der Waals surface area contributed by atoms with Crippen molar-refractivity contribution in [1.29, 1.82) is 0 Å². The number of carboxylic acid groups (broad SMARTS) is 1. The number of ether oxygens (including phenoxy) is 1. The quantitative estimate of drug-likeness (QED) is 0.446. The summed E-state index contributed by atoms with van der Waals surface area (Å²) in [6.07, 6.45) is 5.30. The summed E-state index contributed by atoms with van der Waals surface area (Å²) >= 11 is 5.99. The Kier molecular flexibility index (Phi) is 7.96. The number of carbonyl (C=O) groups is 3. The lowest BCUT2D eigenvalue weighted by molar-refractivity contribution is -0.143. The van der Waals surface area contributed by atoms with Gasteiger partial charge < -0.3 is 20.5 Å². The Morgan fingerprint density at radius 2 is 1.54 bits per heavy atom. The Morgan fingerprint density at radius 1 is 0.914 bits per heavy atom. The maximum atomic E-state index is 12.9. The summed E-state index contributed by atoms with van der Waals surface area (Å²) in [5.41, 5.74) is 0.985. The van der Waals surface area contributed by atoms with Crippen LogP contribution in [0.25, 0.3) is 0 Å². The van der Waals surface area contributed by atoms with Crippen LogP contribution in [0.4, 0.5) is 0 Å². The van der Waals surface area contributed by atoms with Gasteiger partial charge in [-0.3, -0.25) is 14.4 Å². The Hall–Kier alpha value is -3.06. The van der Waals surface area contributed by atoms with Gasteiger partial charge in [0.15, 0.2) is 0 Å². The van der Waals surface area contributed by atoms with Crippen molar-refractivity contribution in [2.45, 2.75) is 56.5 Å². The molecule has 2 aliphatic rings. The van der Waals surface area contributed by atoms with E-state index in [0.29, 0.717) is 55.1 Å². The van der Waals surface area contributed by atoms with Crippen LogP contribution in [0.3, 0.4) is 0 Å². The maximum absolute atomic E-state index is 12.9. The Morgan fingerprint density at radius 3 is 2.11 bits per heavy atom. The number of carboxylic acids is 1. The van der Waals surface area contributed by atoms with Crippen molar-refractivity contribution in [1.82, 2.24) is 10.6 Å².